The van der Waals surface area contributed by atoms with Crippen molar-refractivity contribution in [2.75, 3.05) is 13.7 Å². The van der Waals surface area contributed by atoms with Gasteiger partial charge in [0.05, 0.1) is 31.1 Å². The summed E-state index contributed by atoms with van der Waals surface area (Å²) in [5.74, 6) is 0.619. The van der Waals surface area contributed by atoms with Crippen LogP contribution >= 0.6 is 7.82 Å². The SMILES string of the molecule is COc1ccc2c(c1)ncn2[C@@H]1O[C@@H](COP(=O)(O)O)[C@H](O)[C@H]1O. The van der Waals surface area contributed by atoms with E-state index in [9.17, 15) is 14.8 Å². The molecule has 1 aromatic carbocycles. The van der Waals surface area contributed by atoms with E-state index in [0.717, 1.165) is 0 Å². The van der Waals surface area contributed by atoms with Gasteiger partial charge in [0, 0.05) is 6.07 Å². The number of benzene rings is 1. The molecule has 11 heteroatoms. The Balaban J connectivity index is 1.83. The molecule has 1 fully saturated rings. The average molecular weight is 360 g/mol. The zero-order chi connectivity index (χ0) is 17.5. The van der Waals surface area contributed by atoms with Gasteiger partial charge in [-0.05, 0) is 12.1 Å². The van der Waals surface area contributed by atoms with Gasteiger partial charge in [-0.1, -0.05) is 0 Å². The topological polar surface area (TPSA) is 144 Å². The number of fused-ring (bicyclic) bond motifs is 1. The first-order valence-electron chi connectivity index (χ1n) is 7.02. The number of phosphoric ester groups is 1. The summed E-state index contributed by atoms with van der Waals surface area (Å²) in [4.78, 5) is 21.7. The van der Waals surface area contributed by atoms with Gasteiger partial charge in [-0.25, -0.2) is 9.55 Å². The van der Waals surface area contributed by atoms with Crippen LogP contribution in [0, 0.1) is 0 Å². The molecular formula is C13H17N2O8P. The molecular weight excluding hydrogens is 343 g/mol. The lowest BCUT2D eigenvalue weighted by atomic mass is 10.1. The molecule has 1 aliphatic rings. The number of rotatable bonds is 5. The smallest absolute Gasteiger partial charge is 0.469 e. The molecule has 0 unspecified atom stereocenters. The Bertz CT molecular complexity index is 774. The minimum Gasteiger partial charge on any atom is -0.497 e. The largest absolute Gasteiger partial charge is 0.497 e. The predicted octanol–water partition coefficient (Wildman–Crippen LogP) is -0.227. The molecule has 1 aliphatic heterocycles. The summed E-state index contributed by atoms with van der Waals surface area (Å²) in [6, 6.07) is 5.15. The van der Waals surface area contributed by atoms with Gasteiger partial charge < -0.3 is 34.0 Å². The maximum Gasteiger partial charge on any atom is 0.469 e. The van der Waals surface area contributed by atoms with Crippen molar-refractivity contribution in [2.24, 2.45) is 0 Å². The van der Waals surface area contributed by atoms with Crippen LogP contribution in [0.4, 0.5) is 0 Å². The van der Waals surface area contributed by atoms with E-state index in [1.165, 1.54) is 18.0 Å². The van der Waals surface area contributed by atoms with Crippen molar-refractivity contribution in [3.8, 4) is 5.75 Å². The standard InChI is InChI=1S/C13H17N2O8P/c1-21-7-2-3-9-8(4-7)14-6-15(9)13-12(17)11(16)10(23-13)5-22-24(18,19)20/h2-4,6,10-13,16-17H,5H2,1H3,(H2,18,19,20)/t10-,11-,12+,13+/m0/s1. The van der Waals surface area contributed by atoms with Gasteiger partial charge in [0.25, 0.3) is 0 Å². The highest BCUT2D eigenvalue weighted by Gasteiger charge is 2.44. The van der Waals surface area contributed by atoms with Crippen molar-refractivity contribution in [3.05, 3.63) is 24.5 Å². The molecule has 2 heterocycles. The van der Waals surface area contributed by atoms with E-state index in [1.807, 2.05) is 0 Å². The van der Waals surface area contributed by atoms with Gasteiger partial charge in [-0.15, -0.1) is 0 Å². The Morgan fingerprint density at radius 2 is 2.08 bits per heavy atom. The molecule has 24 heavy (non-hydrogen) atoms. The Morgan fingerprint density at radius 1 is 1.33 bits per heavy atom. The fraction of sp³-hybridized carbons (Fsp3) is 0.462. The first-order valence-corrected chi connectivity index (χ1v) is 8.55. The maximum absolute atomic E-state index is 10.8. The minimum absolute atomic E-state index is 0.556. The van der Waals surface area contributed by atoms with Crippen LogP contribution in [-0.2, 0) is 13.8 Å². The molecule has 1 aromatic heterocycles. The van der Waals surface area contributed by atoms with E-state index in [2.05, 4.69) is 9.51 Å². The van der Waals surface area contributed by atoms with Gasteiger partial charge in [0.1, 0.15) is 24.1 Å². The summed E-state index contributed by atoms with van der Waals surface area (Å²) < 4.78 is 27.3. The Kier molecular flexibility index (Phi) is 4.63. The molecule has 0 aliphatic carbocycles. The van der Waals surface area contributed by atoms with E-state index in [-0.39, 0.29) is 0 Å². The van der Waals surface area contributed by atoms with Gasteiger partial charge in [-0.2, -0.15) is 0 Å². The Morgan fingerprint density at radius 3 is 2.75 bits per heavy atom. The first kappa shape index (κ1) is 17.3. The molecule has 0 saturated carbocycles. The van der Waals surface area contributed by atoms with Crippen molar-refractivity contribution < 1.29 is 38.6 Å². The summed E-state index contributed by atoms with van der Waals surface area (Å²) in [5, 5.41) is 20.2. The summed E-state index contributed by atoms with van der Waals surface area (Å²) in [6.07, 6.45) is -3.29. The fourth-order valence-electron chi connectivity index (χ4n) is 2.61. The summed E-state index contributed by atoms with van der Waals surface area (Å²) >= 11 is 0. The minimum atomic E-state index is -4.70. The Labute approximate surface area is 136 Å². The second-order valence-corrected chi connectivity index (χ2v) is 6.58. The molecule has 2 aromatic rings. The van der Waals surface area contributed by atoms with Gasteiger partial charge in [0.15, 0.2) is 6.23 Å². The van der Waals surface area contributed by atoms with E-state index in [4.69, 9.17) is 19.3 Å². The summed E-state index contributed by atoms with van der Waals surface area (Å²) in [6.45, 7) is -0.556. The average Bonchev–Trinajstić information content (AvgIpc) is 3.06. The van der Waals surface area contributed by atoms with Crippen molar-refractivity contribution in [1.29, 1.82) is 0 Å². The third-order valence-corrected chi connectivity index (χ3v) is 4.29. The molecule has 4 N–H and O–H groups in total. The summed E-state index contributed by atoms with van der Waals surface area (Å²) in [5.41, 5.74) is 1.25. The van der Waals surface area contributed by atoms with Crippen molar-refractivity contribution in [1.82, 2.24) is 9.55 Å². The van der Waals surface area contributed by atoms with E-state index in [0.29, 0.717) is 16.8 Å². The van der Waals surface area contributed by atoms with Crippen LogP contribution < -0.4 is 4.74 Å². The van der Waals surface area contributed by atoms with E-state index in [1.54, 1.807) is 18.2 Å². The fourth-order valence-corrected chi connectivity index (χ4v) is 2.95. The van der Waals surface area contributed by atoms with Crippen LogP contribution in [0.15, 0.2) is 24.5 Å². The predicted molar refractivity (Wildman–Crippen MR) is 80.2 cm³/mol. The molecule has 132 valence electrons. The van der Waals surface area contributed by atoms with Crippen LogP contribution in [0.25, 0.3) is 11.0 Å². The number of aliphatic hydroxyl groups is 2. The van der Waals surface area contributed by atoms with Crippen LogP contribution in [0.2, 0.25) is 0 Å². The van der Waals surface area contributed by atoms with Gasteiger partial charge in [-0.3, -0.25) is 4.52 Å². The third kappa shape index (κ3) is 3.31. The zero-order valence-electron chi connectivity index (χ0n) is 12.6. The van der Waals surface area contributed by atoms with Gasteiger partial charge >= 0.3 is 7.82 Å². The van der Waals surface area contributed by atoms with Crippen molar-refractivity contribution >= 4 is 18.9 Å². The molecule has 0 amide bonds. The lowest BCUT2D eigenvalue weighted by Gasteiger charge is -2.17. The molecule has 0 spiro atoms. The Hall–Kier alpha value is -1.52. The monoisotopic (exact) mass is 360 g/mol. The molecule has 0 radical (unpaired) electrons. The van der Waals surface area contributed by atoms with Crippen LogP contribution in [-0.4, -0.2) is 61.6 Å². The van der Waals surface area contributed by atoms with Gasteiger partial charge in [0.2, 0.25) is 0 Å². The number of methoxy groups -OCH3 is 1. The highest BCUT2D eigenvalue weighted by atomic mass is 31.2. The second-order valence-electron chi connectivity index (χ2n) is 5.34. The number of nitrogens with zero attached hydrogens (tertiary/aromatic N) is 2. The second kappa shape index (κ2) is 6.41. The highest BCUT2D eigenvalue weighted by molar-refractivity contribution is 7.46. The number of aromatic nitrogens is 2. The number of ether oxygens (including phenoxy) is 2. The van der Waals surface area contributed by atoms with E-state index >= 15 is 0 Å². The third-order valence-electron chi connectivity index (χ3n) is 3.80. The van der Waals surface area contributed by atoms with Crippen molar-refractivity contribution in [2.45, 2.75) is 24.5 Å². The molecule has 10 nitrogen and oxygen atoms in total. The first-order chi connectivity index (χ1) is 11.3. The quantitative estimate of drug-likeness (QED) is 0.532. The zero-order valence-corrected chi connectivity index (χ0v) is 13.5. The number of hydrogen-bond acceptors (Lipinski definition) is 7. The molecule has 1 saturated heterocycles. The molecule has 0 bridgehead atoms. The number of imidazole rings is 1. The molecule has 3 rings (SSSR count). The summed E-state index contributed by atoms with van der Waals surface area (Å²) in [7, 11) is -3.17. The normalized spacial score (nSPS) is 27.7. The molecule has 4 atom stereocenters. The highest BCUT2D eigenvalue weighted by Crippen LogP contribution is 2.39. The number of aliphatic hydroxyl groups excluding tert-OH is 2. The van der Waals surface area contributed by atoms with E-state index < -0.39 is 39.0 Å². The van der Waals surface area contributed by atoms with Crippen LogP contribution in [0.5, 0.6) is 5.75 Å². The van der Waals surface area contributed by atoms with Crippen molar-refractivity contribution in [3.63, 3.8) is 0 Å². The van der Waals surface area contributed by atoms with Crippen LogP contribution in [0.1, 0.15) is 6.23 Å². The number of phosphoric acid groups is 1. The lowest BCUT2D eigenvalue weighted by molar-refractivity contribution is -0.0501. The number of hydrogen-bond donors (Lipinski definition) is 4. The van der Waals surface area contributed by atoms with Crippen LogP contribution in [0.3, 0.4) is 0 Å². The maximum atomic E-state index is 10.8. The lowest BCUT2D eigenvalue weighted by Crippen LogP contribution is -2.33.